The van der Waals surface area contributed by atoms with Crippen LogP contribution in [0.2, 0.25) is 5.02 Å². The molecule has 1 saturated carbocycles. The van der Waals surface area contributed by atoms with Crippen LogP contribution in [-0.4, -0.2) is 42.0 Å². The zero-order chi connectivity index (χ0) is 16.5. The summed E-state index contributed by atoms with van der Waals surface area (Å²) in [6.45, 7) is 3.76. The Morgan fingerprint density at radius 3 is 2.38 bits per heavy atom. The Morgan fingerprint density at radius 1 is 1.08 bits per heavy atom. The van der Waals surface area contributed by atoms with Crippen molar-refractivity contribution in [2.45, 2.75) is 38.5 Å². The SMILES string of the molecule is O=C(C1CCN(c2ncccc2Cl)CC1)N1CC2CCCCC2C1. The summed E-state index contributed by atoms with van der Waals surface area (Å²) in [5, 5.41) is 0.700. The van der Waals surface area contributed by atoms with Gasteiger partial charge in [0, 0.05) is 38.3 Å². The van der Waals surface area contributed by atoms with Crippen molar-refractivity contribution < 1.29 is 4.79 Å². The van der Waals surface area contributed by atoms with Crippen LogP contribution in [0.5, 0.6) is 0 Å². The molecule has 2 unspecified atom stereocenters. The minimum absolute atomic E-state index is 0.184. The standard InChI is InChI=1S/C19H26ClN3O/c20-17-6-3-9-21-18(17)22-10-7-14(8-11-22)19(24)23-12-15-4-1-2-5-16(15)13-23/h3,6,9,14-16H,1-2,4-5,7-8,10-13H2. The lowest BCUT2D eigenvalue weighted by atomic mass is 9.82. The normalized spacial score (nSPS) is 28.0. The Labute approximate surface area is 149 Å². The summed E-state index contributed by atoms with van der Waals surface area (Å²) in [6.07, 6.45) is 8.97. The number of fused-ring (bicyclic) bond motifs is 1. The van der Waals surface area contributed by atoms with Crippen LogP contribution in [0.1, 0.15) is 38.5 Å². The molecule has 3 aliphatic rings. The second-order valence-electron chi connectivity index (χ2n) is 7.62. The number of rotatable bonds is 2. The number of halogens is 1. The summed E-state index contributed by atoms with van der Waals surface area (Å²) in [5.74, 6) is 2.99. The van der Waals surface area contributed by atoms with Gasteiger partial charge in [0.15, 0.2) is 0 Å². The summed E-state index contributed by atoms with van der Waals surface area (Å²) < 4.78 is 0. The van der Waals surface area contributed by atoms with Gasteiger partial charge in [0.1, 0.15) is 5.82 Å². The highest BCUT2D eigenvalue weighted by molar-refractivity contribution is 6.32. The molecule has 0 bridgehead atoms. The highest BCUT2D eigenvalue weighted by atomic mass is 35.5. The molecule has 0 radical (unpaired) electrons. The fraction of sp³-hybridized carbons (Fsp3) is 0.684. The minimum Gasteiger partial charge on any atom is -0.355 e. The first-order valence-electron chi connectivity index (χ1n) is 9.36. The number of anilines is 1. The number of pyridine rings is 1. The Kier molecular flexibility index (Phi) is 4.66. The molecular formula is C19H26ClN3O. The van der Waals surface area contributed by atoms with Crippen molar-refractivity contribution in [2.24, 2.45) is 17.8 Å². The van der Waals surface area contributed by atoms with Gasteiger partial charge in [0.25, 0.3) is 0 Å². The van der Waals surface area contributed by atoms with Gasteiger partial charge in [-0.2, -0.15) is 0 Å². The van der Waals surface area contributed by atoms with E-state index in [0.29, 0.717) is 10.9 Å². The number of carbonyl (C=O) groups is 1. The van der Waals surface area contributed by atoms with Crippen molar-refractivity contribution in [2.75, 3.05) is 31.1 Å². The highest BCUT2D eigenvalue weighted by Crippen LogP contribution is 2.37. The molecule has 1 amide bonds. The number of hydrogen-bond donors (Lipinski definition) is 0. The maximum Gasteiger partial charge on any atom is 0.225 e. The van der Waals surface area contributed by atoms with Crippen LogP contribution in [0.15, 0.2) is 18.3 Å². The summed E-state index contributed by atoms with van der Waals surface area (Å²) in [6, 6.07) is 3.74. The number of piperidine rings is 1. The van der Waals surface area contributed by atoms with Crippen molar-refractivity contribution in [3.8, 4) is 0 Å². The van der Waals surface area contributed by atoms with Crippen molar-refractivity contribution in [3.63, 3.8) is 0 Å². The van der Waals surface area contributed by atoms with Gasteiger partial charge in [-0.25, -0.2) is 4.98 Å². The van der Waals surface area contributed by atoms with E-state index in [9.17, 15) is 4.79 Å². The monoisotopic (exact) mass is 347 g/mol. The molecule has 130 valence electrons. The van der Waals surface area contributed by atoms with Gasteiger partial charge in [-0.1, -0.05) is 24.4 Å². The molecule has 2 aliphatic heterocycles. The van der Waals surface area contributed by atoms with Gasteiger partial charge in [0.05, 0.1) is 5.02 Å². The summed E-state index contributed by atoms with van der Waals surface area (Å²) >= 11 is 6.25. The Bertz CT molecular complexity index is 586. The van der Waals surface area contributed by atoms with E-state index in [1.165, 1.54) is 25.7 Å². The average Bonchev–Trinajstić information content (AvgIpc) is 3.06. The van der Waals surface area contributed by atoms with Gasteiger partial charge in [-0.15, -0.1) is 0 Å². The topological polar surface area (TPSA) is 36.4 Å². The number of hydrogen-bond acceptors (Lipinski definition) is 3. The van der Waals surface area contributed by atoms with Crippen LogP contribution in [0, 0.1) is 17.8 Å². The predicted octanol–water partition coefficient (Wildman–Crippen LogP) is 3.60. The van der Waals surface area contributed by atoms with Gasteiger partial charge in [0.2, 0.25) is 5.91 Å². The first kappa shape index (κ1) is 16.2. The molecular weight excluding hydrogens is 322 g/mol. The van der Waals surface area contributed by atoms with E-state index in [-0.39, 0.29) is 5.92 Å². The van der Waals surface area contributed by atoms with Crippen molar-refractivity contribution in [1.29, 1.82) is 0 Å². The number of nitrogens with zero attached hydrogens (tertiary/aromatic N) is 3. The van der Waals surface area contributed by atoms with Gasteiger partial charge >= 0.3 is 0 Å². The third-order valence-electron chi connectivity index (χ3n) is 6.17. The Balaban J connectivity index is 1.34. The molecule has 1 aromatic heterocycles. The average molecular weight is 348 g/mol. The first-order chi connectivity index (χ1) is 11.7. The van der Waals surface area contributed by atoms with Gasteiger partial charge in [-0.3, -0.25) is 4.79 Å². The van der Waals surface area contributed by atoms with Crippen LogP contribution in [-0.2, 0) is 4.79 Å². The van der Waals surface area contributed by atoms with E-state index in [4.69, 9.17) is 11.6 Å². The van der Waals surface area contributed by atoms with Crippen LogP contribution in [0.3, 0.4) is 0 Å². The van der Waals surface area contributed by atoms with Crippen LogP contribution in [0.25, 0.3) is 0 Å². The Morgan fingerprint density at radius 2 is 1.75 bits per heavy atom. The van der Waals surface area contributed by atoms with E-state index >= 15 is 0 Å². The molecule has 3 fully saturated rings. The lowest BCUT2D eigenvalue weighted by molar-refractivity contribution is -0.135. The summed E-state index contributed by atoms with van der Waals surface area (Å²) in [7, 11) is 0. The van der Waals surface area contributed by atoms with E-state index in [1.807, 2.05) is 12.1 Å². The number of carbonyl (C=O) groups excluding carboxylic acids is 1. The Hall–Kier alpha value is -1.29. The fourth-order valence-electron chi connectivity index (χ4n) is 4.79. The molecule has 1 aliphatic carbocycles. The maximum absolute atomic E-state index is 12.9. The number of amides is 1. The highest BCUT2D eigenvalue weighted by Gasteiger charge is 2.39. The molecule has 0 N–H and O–H groups in total. The molecule has 5 heteroatoms. The van der Waals surface area contributed by atoms with Crippen LogP contribution < -0.4 is 4.90 Å². The number of likely N-dealkylation sites (tertiary alicyclic amines) is 1. The largest absolute Gasteiger partial charge is 0.355 e. The van der Waals surface area contributed by atoms with Gasteiger partial charge < -0.3 is 9.80 Å². The fourth-order valence-corrected chi connectivity index (χ4v) is 5.03. The quantitative estimate of drug-likeness (QED) is 0.820. The second-order valence-corrected chi connectivity index (χ2v) is 8.03. The molecule has 0 aromatic carbocycles. The zero-order valence-corrected chi connectivity index (χ0v) is 14.9. The molecule has 3 heterocycles. The molecule has 4 nitrogen and oxygen atoms in total. The zero-order valence-electron chi connectivity index (χ0n) is 14.2. The molecule has 2 saturated heterocycles. The van der Waals surface area contributed by atoms with E-state index in [2.05, 4.69) is 14.8 Å². The molecule has 4 rings (SSSR count). The predicted molar refractivity (Wildman–Crippen MR) is 96.2 cm³/mol. The molecule has 1 aromatic rings. The van der Waals surface area contributed by atoms with E-state index < -0.39 is 0 Å². The minimum atomic E-state index is 0.184. The molecule has 2 atom stereocenters. The van der Waals surface area contributed by atoms with E-state index in [0.717, 1.165) is 56.7 Å². The smallest absolute Gasteiger partial charge is 0.225 e. The summed E-state index contributed by atoms with van der Waals surface area (Å²) in [5.41, 5.74) is 0. The summed E-state index contributed by atoms with van der Waals surface area (Å²) in [4.78, 5) is 21.7. The number of aromatic nitrogens is 1. The van der Waals surface area contributed by atoms with Crippen LogP contribution in [0.4, 0.5) is 5.82 Å². The third kappa shape index (κ3) is 3.13. The van der Waals surface area contributed by atoms with Crippen LogP contribution >= 0.6 is 11.6 Å². The second kappa shape index (κ2) is 6.91. The van der Waals surface area contributed by atoms with Gasteiger partial charge in [-0.05, 0) is 49.7 Å². The third-order valence-corrected chi connectivity index (χ3v) is 6.47. The van der Waals surface area contributed by atoms with Crippen molar-refractivity contribution in [3.05, 3.63) is 23.4 Å². The lowest BCUT2D eigenvalue weighted by Gasteiger charge is -2.34. The maximum atomic E-state index is 12.9. The lowest BCUT2D eigenvalue weighted by Crippen LogP contribution is -2.42. The van der Waals surface area contributed by atoms with Crippen molar-refractivity contribution in [1.82, 2.24) is 9.88 Å². The van der Waals surface area contributed by atoms with E-state index in [1.54, 1.807) is 6.20 Å². The molecule has 24 heavy (non-hydrogen) atoms. The first-order valence-corrected chi connectivity index (χ1v) is 9.74. The molecule has 0 spiro atoms. The van der Waals surface area contributed by atoms with Crippen molar-refractivity contribution >= 4 is 23.3 Å².